The molecule has 0 aliphatic carbocycles. The molecule has 0 spiro atoms. The maximum absolute atomic E-state index is 13.4. The Hall–Kier alpha value is -2.51. The number of aryl methyl sites for hydroxylation is 1. The van der Waals surface area contributed by atoms with Crippen molar-refractivity contribution in [2.75, 3.05) is 19.6 Å². The van der Waals surface area contributed by atoms with Crippen molar-refractivity contribution < 1.29 is 8.42 Å². The zero-order valence-electron chi connectivity index (χ0n) is 20.4. The zero-order valence-corrected chi connectivity index (χ0v) is 21.2. The van der Waals surface area contributed by atoms with Gasteiger partial charge in [-0.3, -0.25) is 0 Å². The van der Waals surface area contributed by atoms with E-state index in [1.54, 1.807) is 4.31 Å². The minimum absolute atomic E-state index is 0.185. The van der Waals surface area contributed by atoms with Crippen LogP contribution in [0.15, 0.2) is 91.0 Å². The van der Waals surface area contributed by atoms with Gasteiger partial charge in [-0.2, -0.15) is 17.4 Å². The molecule has 2 N–H and O–H groups in total. The third-order valence-corrected chi connectivity index (χ3v) is 8.28. The summed E-state index contributed by atoms with van der Waals surface area (Å²) < 4.78 is 31.5. The summed E-state index contributed by atoms with van der Waals surface area (Å²) in [4.78, 5) is 0. The number of nitrogens with one attached hydrogen (secondary N) is 2. The SMILES string of the molecule is O=S(=O)(N[C@@H](c1ccccc1)[C@@H](NCCCCc1ccccc1)c1ccccc1)N1CCCCC1. The van der Waals surface area contributed by atoms with Crippen molar-refractivity contribution in [3.63, 3.8) is 0 Å². The van der Waals surface area contributed by atoms with Gasteiger partial charge in [0.1, 0.15) is 0 Å². The van der Waals surface area contributed by atoms with Gasteiger partial charge in [-0.05, 0) is 55.3 Å². The second kappa shape index (κ2) is 13.0. The molecule has 1 heterocycles. The van der Waals surface area contributed by atoms with Crippen LogP contribution in [0.5, 0.6) is 0 Å². The molecule has 4 rings (SSSR count). The topological polar surface area (TPSA) is 61.4 Å². The second-order valence-electron chi connectivity index (χ2n) is 9.26. The molecule has 1 saturated heterocycles. The van der Waals surface area contributed by atoms with Gasteiger partial charge in [-0.25, -0.2) is 0 Å². The number of nitrogens with zero attached hydrogens (tertiary/aromatic N) is 1. The highest BCUT2D eigenvalue weighted by Gasteiger charge is 2.32. The summed E-state index contributed by atoms with van der Waals surface area (Å²) >= 11 is 0. The largest absolute Gasteiger partial charge is 0.308 e. The third kappa shape index (κ3) is 7.48. The van der Waals surface area contributed by atoms with Gasteiger partial charge in [0.25, 0.3) is 10.2 Å². The van der Waals surface area contributed by atoms with Crippen LogP contribution in [0.25, 0.3) is 0 Å². The van der Waals surface area contributed by atoms with E-state index >= 15 is 0 Å². The molecule has 35 heavy (non-hydrogen) atoms. The van der Waals surface area contributed by atoms with Crippen LogP contribution in [-0.2, 0) is 16.6 Å². The highest BCUT2D eigenvalue weighted by atomic mass is 32.2. The first-order valence-corrected chi connectivity index (χ1v) is 14.2. The number of hydrogen-bond donors (Lipinski definition) is 2. The third-order valence-electron chi connectivity index (χ3n) is 6.68. The summed E-state index contributed by atoms with van der Waals surface area (Å²) in [5, 5.41) is 3.70. The van der Waals surface area contributed by atoms with Gasteiger partial charge in [0.2, 0.25) is 0 Å². The number of hydrogen-bond acceptors (Lipinski definition) is 3. The number of rotatable bonds is 12. The second-order valence-corrected chi connectivity index (χ2v) is 11.0. The molecule has 2 atom stereocenters. The minimum Gasteiger partial charge on any atom is -0.308 e. The molecule has 3 aromatic carbocycles. The molecular weight excluding hydrogens is 454 g/mol. The van der Waals surface area contributed by atoms with Crippen LogP contribution < -0.4 is 10.0 Å². The summed E-state index contributed by atoms with van der Waals surface area (Å²) in [5.74, 6) is 0. The number of piperidine rings is 1. The van der Waals surface area contributed by atoms with Crippen LogP contribution in [0.4, 0.5) is 0 Å². The van der Waals surface area contributed by atoms with Crippen molar-refractivity contribution in [2.24, 2.45) is 0 Å². The van der Waals surface area contributed by atoms with Gasteiger partial charge in [0.05, 0.1) is 12.1 Å². The number of unbranched alkanes of at least 4 members (excludes halogenated alkanes) is 1. The number of benzene rings is 3. The average Bonchev–Trinajstić information content (AvgIpc) is 2.92. The van der Waals surface area contributed by atoms with Crippen LogP contribution in [-0.4, -0.2) is 32.4 Å². The van der Waals surface area contributed by atoms with E-state index in [1.165, 1.54) is 5.56 Å². The van der Waals surface area contributed by atoms with E-state index < -0.39 is 16.3 Å². The Labute approximate surface area is 210 Å². The van der Waals surface area contributed by atoms with E-state index in [4.69, 9.17) is 0 Å². The monoisotopic (exact) mass is 491 g/mol. The van der Waals surface area contributed by atoms with Crippen LogP contribution in [0, 0.1) is 0 Å². The van der Waals surface area contributed by atoms with Crippen LogP contribution in [0.2, 0.25) is 0 Å². The van der Waals surface area contributed by atoms with Gasteiger partial charge >= 0.3 is 0 Å². The lowest BCUT2D eigenvalue weighted by molar-refractivity contribution is 0.331. The maximum Gasteiger partial charge on any atom is 0.280 e. The van der Waals surface area contributed by atoms with Crippen molar-refractivity contribution in [3.05, 3.63) is 108 Å². The highest BCUT2D eigenvalue weighted by molar-refractivity contribution is 7.87. The van der Waals surface area contributed by atoms with E-state index in [0.29, 0.717) is 13.1 Å². The molecular formula is C29H37N3O2S. The Balaban J connectivity index is 1.52. The molecule has 6 heteroatoms. The first kappa shape index (κ1) is 25.6. The van der Waals surface area contributed by atoms with Crippen LogP contribution in [0.3, 0.4) is 0 Å². The summed E-state index contributed by atoms with van der Waals surface area (Å²) in [6.07, 6.45) is 6.05. The normalized spacial score (nSPS) is 16.6. The van der Waals surface area contributed by atoms with E-state index in [9.17, 15) is 8.42 Å². The molecule has 1 aliphatic heterocycles. The fourth-order valence-electron chi connectivity index (χ4n) is 4.77. The van der Waals surface area contributed by atoms with Crippen molar-refractivity contribution in [2.45, 2.75) is 50.6 Å². The lowest BCUT2D eigenvalue weighted by atomic mass is 9.94. The van der Waals surface area contributed by atoms with Gasteiger partial charge < -0.3 is 5.32 Å². The minimum atomic E-state index is -3.61. The zero-order chi connectivity index (χ0) is 24.3. The lowest BCUT2D eigenvalue weighted by Gasteiger charge is -2.33. The fraction of sp³-hybridized carbons (Fsp3) is 0.379. The molecule has 1 aliphatic rings. The summed E-state index contributed by atoms with van der Waals surface area (Å²) in [6.45, 7) is 1.97. The van der Waals surface area contributed by atoms with E-state index in [0.717, 1.165) is 56.2 Å². The predicted molar refractivity (Wildman–Crippen MR) is 143 cm³/mol. The summed E-state index contributed by atoms with van der Waals surface area (Å²) in [5.41, 5.74) is 3.38. The smallest absolute Gasteiger partial charge is 0.280 e. The molecule has 0 saturated carbocycles. The van der Waals surface area contributed by atoms with Crippen molar-refractivity contribution >= 4 is 10.2 Å². The molecule has 0 unspecified atom stereocenters. The average molecular weight is 492 g/mol. The first-order valence-electron chi connectivity index (χ1n) is 12.8. The Morgan fingerprint density at radius 1 is 0.686 bits per heavy atom. The van der Waals surface area contributed by atoms with Crippen molar-refractivity contribution in [1.29, 1.82) is 0 Å². The van der Waals surface area contributed by atoms with Gasteiger partial charge in [0.15, 0.2) is 0 Å². The van der Waals surface area contributed by atoms with Crippen LogP contribution >= 0.6 is 0 Å². The molecule has 5 nitrogen and oxygen atoms in total. The van der Waals surface area contributed by atoms with Crippen molar-refractivity contribution in [1.82, 2.24) is 14.3 Å². The van der Waals surface area contributed by atoms with E-state index in [2.05, 4.69) is 46.4 Å². The molecule has 0 bridgehead atoms. The maximum atomic E-state index is 13.4. The van der Waals surface area contributed by atoms with Crippen molar-refractivity contribution in [3.8, 4) is 0 Å². The van der Waals surface area contributed by atoms with Gasteiger partial charge in [-0.1, -0.05) is 97.4 Å². The molecule has 0 amide bonds. The predicted octanol–water partition coefficient (Wildman–Crippen LogP) is 5.40. The highest BCUT2D eigenvalue weighted by Crippen LogP contribution is 2.30. The van der Waals surface area contributed by atoms with Gasteiger partial charge in [0, 0.05) is 13.1 Å². The van der Waals surface area contributed by atoms with E-state index in [1.807, 2.05) is 54.6 Å². The first-order chi connectivity index (χ1) is 17.1. The Morgan fingerprint density at radius 2 is 1.23 bits per heavy atom. The Bertz CT molecular complexity index is 1100. The molecule has 3 aromatic rings. The molecule has 186 valence electrons. The summed E-state index contributed by atoms with van der Waals surface area (Å²) in [7, 11) is -3.61. The Morgan fingerprint density at radius 3 is 1.83 bits per heavy atom. The quantitative estimate of drug-likeness (QED) is 0.334. The molecule has 0 aromatic heterocycles. The molecule has 0 radical (unpaired) electrons. The lowest BCUT2D eigenvalue weighted by Crippen LogP contribution is -2.47. The standard InChI is InChI=1S/C29H37N3O2S/c33-35(34,32-23-13-4-14-24-32)31-29(27-20-9-3-10-21-27)28(26-18-7-2-8-19-26)30-22-12-11-17-25-15-5-1-6-16-25/h1-3,5-10,15-16,18-21,28-31H,4,11-14,17,22-24H2/t28-,29-/m0/s1. The fourth-order valence-corrected chi connectivity index (χ4v) is 6.26. The Kier molecular flexibility index (Phi) is 9.49. The summed E-state index contributed by atoms with van der Waals surface area (Å²) in [6, 6.07) is 30.0. The molecule has 1 fully saturated rings. The van der Waals surface area contributed by atoms with Crippen LogP contribution in [0.1, 0.15) is 60.9 Å². The van der Waals surface area contributed by atoms with Gasteiger partial charge in [-0.15, -0.1) is 0 Å². The van der Waals surface area contributed by atoms with E-state index in [-0.39, 0.29) is 6.04 Å².